The van der Waals surface area contributed by atoms with Gasteiger partial charge < -0.3 is 19.3 Å². The van der Waals surface area contributed by atoms with Crippen molar-refractivity contribution in [1.82, 2.24) is 0 Å². The molecular formula is C33H37NO6. The second-order valence-corrected chi connectivity index (χ2v) is 10.7. The van der Waals surface area contributed by atoms with Gasteiger partial charge in [0.15, 0.2) is 11.5 Å². The minimum Gasteiger partial charge on any atom is -0.507 e. The van der Waals surface area contributed by atoms with E-state index in [9.17, 15) is 14.7 Å². The van der Waals surface area contributed by atoms with Crippen molar-refractivity contribution in [3.05, 3.63) is 88.5 Å². The fourth-order valence-corrected chi connectivity index (χ4v) is 5.02. The fourth-order valence-electron chi connectivity index (χ4n) is 5.02. The van der Waals surface area contributed by atoms with Gasteiger partial charge in [-0.1, -0.05) is 39.0 Å². The summed E-state index contributed by atoms with van der Waals surface area (Å²) in [6, 6.07) is 17.1. The van der Waals surface area contributed by atoms with Gasteiger partial charge in [-0.25, -0.2) is 0 Å². The van der Waals surface area contributed by atoms with Gasteiger partial charge >= 0.3 is 0 Å². The number of aliphatic hydroxyl groups is 1. The summed E-state index contributed by atoms with van der Waals surface area (Å²) in [4.78, 5) is 28.7. The SMILES string of the molecule is CCOc1ccc(C2/C(=C(\O)c3ccc(OCC)c(C(C)(C)C)c3)C(=O)C(=O)N2c2cccc(C)c2)cc1OC. The maximum Gasteiger partial charge on any atom is 0.300 e. The molecule has 1 saturated heterocycles. The lowest BCUT2D eigenvalue weighted by molar-refractivity contribution is -0.132. The molecule has 1 amide bonds. The monoisotopic (exact) mass is 543 g/mol. The Hall–Kier alpha value is -4.26. The van der Waals surface area contributed by atoms with E-state index in [2.05, 4.69) is 20.8 Å². The summed E-state index contributed by atoms with van der Waals surface area (Å²) < 4.78 is 17.1. The normalized spacial score (nSPS) is 16.8. The lowest BCUT2D eigenvalue weighted by Crippen LogP contribution is -2.29. The Morgan fingerprint density at radius 1 is 0.900 bits per heavy atom. The van der Waals surface area contributed by atoms with Crippen molar-refractivity contribution < 1.29 is 28.9 Å². The van der Waals surface area contributed by atoms with Crippen molar-refractivity contribution >= 4 is 23.1 Å². The molecule has 0 spiro atoms. The summed E-state index contributed by atoms with van der Waals surface area (Å²) >= 11 is 0. The molecule has 1 N–H and O–H groups in total. The predicted octanol–water partition coefficient (Wildman–Crippen LogP) is 6.72. The third-order valence-corrected chi connectivity index (χ3v) is 6.89. The predicted molar refractivity (Wildman–Crippen MR) is 156 cm³/mol. The Labute approximate surface area is 236 Å². The molecule has 3 aromatic carbocycles. The van der Waals surface area contributed by atoms with Gasteiger partial charge in [-0.05, 0) is 79.8 Å². The summed E-state index contributed by atoms with van der Waals surface area (Å²) in [5.74, 6) is -0.0117. The van der Waals surface area contributed by atoms with Gasteiger partial charge in [-0.15, -0.1) is 0 Å². The first-order valence-electron chi connectivity index (χ1n) is 13.5. The van der Waals surface area contributed by atoms with Crippen LogP contribution in [0.25, 0.3) is 5.76 Å². The Morgan fingerprint density at radius 2 is 1.57 bits per heavy atom. The van der Waals surface area contributed by atoms with E-state index in [1.807, 2.05) is 45.0 Å². The molecule has 3 aromatic rings. The van der Waals surface area contributed by atoms with Gasteiger partial charge in [0, 0.05) is 16.8 Å². The quantitative estimate of drug-likeness (QED) is 0.193. The first-order valence-corrected chi connectivity index (χ1v) is 13.5. The van der Waals surface area contributed by atoms with Crippen LogP contribution in [0.15, 0.2) is 66.2 Å². The summed E-state index contributed by atoms with van der Waals surface area (Å²) in [6.07, 6.45) is 0. The molecule has 1 unspecified atom stereocenters. The van der Waals surface area contributed by atoms with E-state index in [1.165, 1.54) is 12.0 Å². The second-order valence-electron chi connectivity index (χ2n) is 10.7. The average Bonchev–Trinajstić information content (AvgIpc) is 3.18. The zero-order chi connectivity index (χ0) is 29.2. The molecule has 0 saturated carbocycles. The van der Waals surface area contributed by atoms with E-state index in [0.717, 1.165) is 11.1 Å². The number of hydrogen-bond donors (Lipinski definition) is 1. The lowest BCUT2D eigenvalue weighted by Gasteiger charge is -2.27. The average molecular weight is 544 g/mol. The number of methoxy groups -OCH3 is 1. The van der Waals surface area contributed by atoms with E-state index >= 15 is 0 Å². The van der Waals surface area contributed by atoms with Crippen LogP contribution in [0.1, 0.15) is 62.9 Å². The highest BCUT2D eigenvalue weighted by atomic mass is 16.5. The number of Topliss-reactive ketones (excluding diaryl/α,β-unsaturated/α-hetero) is 1. The van der Waals surface area contributed by atoms with E-state index in [-0.39, 0.29) is 16.7 Å². The zero-order valence-corrected chi connectivity index (χ0v) is 24.2. The van der Waals surface area contributed by atoms with E-state index in [4.69, 9.17) is 14.2 Å². The van der Waals surface area contributed by atoms with Crippen molar-refractivity contribution in [3.8, 4) is 17.2 Å². The highest BCUT2D eigenvalue weighted by Crippen LogP contribution is 2.45. The van der Waals surface area contributed by atoms with Crippen molar-refractivity contribution in [2.24, 2.45) is 0 Å². The molecule has 40 heavy (non-hydrogen) atoms. The van der Waals surface area contributed by atoms with Gasteiger partial charge in [-0.2, -0.15) is 0 Å². The number of nitrogens with zero attached hydrogens (tertiary/aromatic N) is 1. The third kappa shape index (κ3) is 5.41. The van der Waals surface area contributed by atoms with Gasteiger partial charge in [0.2, 0.25) is 0 Å². The minimum atomic E-state index is -0.893. The maximum absolute atomic E-state index is 13.7. The highest BCUT2D eigenvalue weighted by molar-refractivity contribution is 6.51. The van der Waals surface area contributed by atoms with Crippen LogP contribution in [0, 0.1) is 6.92 Å². The van der Waals surface area contributed by atoms with Crippen molar-refractivity contribution in [3.63, 3.8) is 0 Å². The Bertz CT molecular complexity index is 1470. The number of ketones is 1. The molecule has 1 fully saturated rings. The first kappa shape index (κ1) is 28.7. The number of ether oxygens (including phenoxy) is 3. The van der Waals surface area contributed by atoms with Crippen molar-refractivity contribution in [2.45, 2.75) is 53.0 Å². The smallest absolute Gasteiger partial charge is 0.300 e. The summed E-state index contributed by atoms with van der Waals surface area (Å²) in [6.45, 7) is 12.8. The van der Waals surface area contributed by atoms with E-state index < -0.39 is 17.7 Å². The number of anilines is 1. The molecule has 1 aliphatic rings. The number of benzene rings is 3. The number of rotatable bonds is 8. The van der Waals surface area contributed by atoms with Crippen LogP contribution in [0.3, 0.4) is 0 Å². The summed E-state index contributed by atoms with van der Waals surface area (Å²) in [5, 5.41) is 11.7. The molecule has 0 bridgehead atoms. The lowest BCUT2D eigenvalue weighted by atomic mass is 9.84. The second kappa shape index (κ2) is 11.5. The number of aryl methyl sites for hydroxylation is 1. The van der Waals surface area contributed by atoms with E-state index in [1.54, 1.807) is 36.4 Å². The molecule has 1 heterocycles. The Balaban J connectivity index is 1.97. The van der Waals surface area contributed by atoms with Gasteiger partial charge in [0.25, 0.3) is 11.7 Å². The van der Waals surface area contributed by atoms with E-state index in [0.29, 0.717) is 47.3 Å². The number of carbonyl (C=O) groups excluding carboxylic acids is 2. The van der Waals surface area contributed by atoms with Crippen LogP contribution in [0.4, 0.5) is 5.69 Å². The topological polar surface area (TPSA) is 85.3 Å². The van der Waals surface area contributed by atoms with Crippen LogP contribution in [-0.4, -0.2) is 37.1 Å². The number of aliphatic hydroxyl groups excluding tert-OH is 1. The molecular weight excluding hydrogens is 506 g/mol. The summed E-state index contributed by atoms with van der Waals surface area (Å²) in [5.41, 5.74) is 3.11. The standard InChI is InChI=1S/C33H37NO6/c1-8-39-25-15-14-22(18-24(25)33(4,5)6)30(35)28-29(21-13-16-26(40-9-2)27(19-21)38-7)34(32(37)31(28)36)23-12-10-11-20(3)17-23/h10-19,29,35H,8-9H2,1-7H3/b30-28+. The molecule has 7 heteroatoms. The Morgan fingerprint density at radius 3 is 2.20 bits per heavy atom. The molecule has 0 aliphatic carbocycles. The van der Waals surface area contributed by atoms with Crippen LogP contribution in [0.5, 0.6) is 17.2 Å². The molecule has 1 atom stereocenters. The molecule has 1 aliphatic heterocycles. The van der Waals surface area contributed by atoms with Crippen molar-refractivity contribution in [2.75, 3.05) is 25.2 Å². The van der Waals surface area contributed by atoms with Gasteiger partial charge in [0.1, 0.15) is 11.5 Å². The van der Waals surface area contributed by atoms with Crippen LogP contribution >= 0.6 is 0 Å². The van der Waals surface area contributed by atoms with Crippen LogP contribution in [-0.2, 0) is 15.0 Å². The highest BCUT2D eigenvalue weighted by Gasteiger charge is 2.47. The Kier molecular flexibility index (Phi) is 8.24. The molecule has 0 aromatic heterocycles. The van der Waals surface area contributed by atoms with Crippen LogP contribution < -0.4 is 19.1 Å². The zero-order valence-electron chi connectivity index (χ0n) is 24.2. The molecule has 7 nitrogen and oxygen atoms in total. The molecule has 0 radical (unpaired) electrons. The fraction of sp³-hybridized carbons (Fsp3) is 0.333. The van der Waals surface area contributed by atoms with Crippen molar-refractivity contribution in [1.29, 1.82) is 0 Å². The van der Waals surface area contributed by atoms with Crippen LogP contribution in [0.2, 0.25) is 0 Å². The summed E-state index contributed by atoms with van der Waals surface area (Å²) in [7, 11) is 1.53. The third-order valence-electron chi connectivity index (χ3n) is 6.89. The molecule has 210 valence electrons. The molecule has 4 rings (SSSR count). The van der Waals surface area contributed by atoms with Gasteiger partial charge in [-0.3, -0.25) is 14.5 Å². The maximum atomic E-state index is 13.7. The number of hydrogen-bond acceptors (Lipinski definition) is 6. The van der Waals surface area contributed by atoms with Gasteiger partial charge in [0.05, 0.1) is 31.9 Å². The largest absolute Gasteiger partial charge is 0.507 e. The first-order chi connectivity index (χ1) is 19.0. The minimum absolute atomic E-state index is 0.00161. The number of amides is 1. The number of carbonyl (C=O) groups is 2.